The van der Waals surface area contributed by atoms with Crippen molar-refractivity contribution in [3.8, 4) is 0 Å². The van der Waals surface area contributed by atoms with Crippen LogP contribution in [0.3, 0.4) is 0 Å². The fourth-order valence-corrected chi connectivity index (χ4v) is 3.45. The van der Waals surface area contributed by atoms with Crippen LogP contribution in [0.4, 0.5) is 16.3 Å². The minimum absolute atomic E-state index is 0.152. The van der Waals surface area contributed by atoms with Crippen molar-refractivity contribution in [2.75, 3.05) is 23.3 Å². The number of aryl methyl sites for hydroxylation is 2. The Labute approximate surface area is 157 Å². The second-order valence-corrected chi connectivity index (χ2v) is 6.90. The highest BCUT2D eigenvalue weighted by molar-refractivity contribution is 5.90. The van der Waals surface area contributed by atoms with Crippen LogP contribution in [-0.4, -0.2) is 44.7 Å². The van der Waals surface area contributed by atoms with Crippen molar-refractivity contribution >= 4 is 23.3 Å². The Morgan fingerprint density at radius 2 is 1.96 bits per heavy atom. The Balaban J connectivity index is 1.37. The first-order chi connectivity index (χ1) is 13.1. The summed E-state index contributed by atoms with van der Waals surface area (Å²) in [6.07, 6.45) is 3.27. The lowest BCUT2D eigenvalue weighted by molar-refractivity contribution is 0.246. The van der Waals surface area contributed by atoms with Gasteiger partial charge in [-0.2, -0.15) is 14.6 Å². The van der Waals surface area contributed by atoms with Crippen LogP contribution in [0, 0.1) is 13.8 Å². The summed E-state index contributed by atoms with van der Waals surface area (Å²) in [5.74, 6) is 1.61. The van der Waals surface area contributed by atoms with E-state index >= 15 is 0 Å². The van der Waals surface area contributed by atoms with Crippen LogP contribution in [0.1, 0.15) is 24.1 Å². The first kappa shape index (κ1) is 17.3. The summed E-state index contributed by atoms with van der Waals surface area (Å²) in [6, 6.07) is 9.80. The number of urea groups is 1. The van der Waals surface area contributed by atoms with Gasteiger partial charge in [-0.05, 0) is 38.3 Å². The van der Waals surface area contributed by atoms with Crippen molar-refractivity contribution < 1.29 is 4.79 Å². The number of para-hydroxylation sites is 1. The number of fused-ring (bicyclic) bond motifs is 1. The van der Waals surface area contributed by atoms with E-state index in [2.05, 4.69) is 30.6 Å². The highest BCUT2D eigenvalue weighted by atomic mass is 16.2. The van der Waals surface area contributed by atoms with Crippen LogP contribution in [0.5, 0.6) is 0 Å². The van der Waals surface area contributed by atoms with E-state index < -0.39 is 0 Å². The summed E-state index contributed by atoms with van der Waals surface area (Å²) in [6.45, 7) is 5.62. The van der Waals surface area contributed by atoms with Gasteiger partial charge in [0.2, 0.25) is 0 Å². The van der Waals surface area contributed by atoms with E-state index in [0.717, 1.165) is 48.7 Å². The number of hydrogen-bond donors (Lipinski definition) is 2. The maximum absolute atomic E-state index is 12.3. The van der Waals surface area contributed by atoms with Crippen molar-refractivity contribution in [2.45, 2.75) is 32.7 Å². The van der Waals surface area contributed by atoms with Gasteiger partial charge in [0.15, 0.2) is 0 Å². The average Bonchev–Trinajstić information content (AvgIpc) is 3.12. The first-order valence-electron chi connectivity index (χ1n) is 9.15. The van der Waals surface area contributed by atoms with E-state index in [1.54, 1.807) is 4.52 Å². The largest absolute Gasteiger partial charge is 0.356 e. The van der Waals surface area contributed by atoms with E-state index in [1.807, 2.05) is 44.2 Å². The predicted molar refractivity (Wildman–Crippen MR) is 104 cm³/mol. The van der Waals surface area contributed by atoms with Gasteiger partial charge < -0.3 is 15.5 Å². The van der Waals surface area contributed by atoms with Crippen molar-refractivity contribution in [1.29, 1.82) is 0 Å². The molecule has 4 rings (SSSR count). The summed E-state index contributed by atoms with van der Waals surface area (Å²) < 4.78 is 1.77. The second-order valence-electron chi connectivity index (χ2n) is 6.90. The molecule has 8 heteroatoms. The number of nitrogens with one attached hydrogen (secondary N) is 2. The SMILES string of the molecule is Cc1cc(N2CCC(NC(=O)Nc3ccccc3C)CC2)n2ncnc2n1. The van der Waals surface area contributed by atoms with E-state index in [1.165, 1.54) is 6.33 Å². The van der Waals surface area contributed by atoms with Gasteiger partial charge in [0.25, 0.3) is 5.78 Å². The van der Waals surface area contributed by atoms with Crippen LogP contribution >= 0.6 is 0 Å². The Morgan fingerprint density at radius 1 is 1.19 bits per heavy atom. The molecule has 2 amide bonds. The fraction of sp³-hybridized carbons (Fsp3) is 0.368. The molecule has 3 heterocycles. The number of hydrogen-bond acceptors (Lipinski definition) is 5. The minimum atomic E-state index is -0.152. The van der Waals surface area contributed by atoms with E-state index in [4.69, 9.17) is 0 Å². The summed E-state index contributed by atoms with van der Waals surface area (Å²) in [4.78, 5) is 23.1. The number of carbonyl (C=O) groups is 1. The Kier molecular flexibility index (Phi) is 4.62. The van der Waals surface area contributed by atoms with E-state index in [-0.39, 0.29) is 12.1 Å². The van der Waals surface area contributed by atoms with Gasteiger partial charge in [0.1, 0.15) is 12.1 Å². The molecule has 3 aromatic rings. The maximum Gasteiger partial charge on any atom is 0.319 e. The summed E-state index contributed by atoms with van der Waals surface area (Å²) in [5, 5.41) is 10.3. The molecule has 8 nitrogen and oxygen atoms in total. The highest BCUT2D eigenvalue weighted by Crippen LogP contribution is 2.21. The topological polar surface area (TPSA) is 87.5 Å². The van der Waals surface area contributed by atoms with Crippen LogP contribution < -0.4 is 15.5 Å². The van der Waals surface area contributed by atoms with E-state index in [0.29, 0.717) is 5.78 Å². The number of rotatable bonds is 3. The molecule has 0 unspecified atom stereocenters. The molecule has 0 bridgehead atoms. The second kappa shape index (κ2) is 7.22. The number of benzene rings is 1. The zero-order chi connectivity index (χ0) is 18.8. The standard InChI is InChI=1S/C19H23N7O/c1-13-5-3-4-6-16(13)24-19(27)23-15-7-9-25(10-8-15)17-11-14(2)22-18-20-12-21-26(17)18/h3-6,11-12,15H,7-10H2,1-2H3,(H2,23,24,27). The molecule has 0 aliphatic carbocycles. The zero-order valence-corrected chi connectivity index (χ0v) is 15.5. The van der Waals surface area contributed by atoms with Crippen molar-refractivity contribution in [2.24, 2.45) is 0 Å². The molecule has 27 heavy (non-hydrogen) atoms. The van der Waals surface area contributed by atoms with E-state index in [9.17, 15) is 4.79 Å². The molecule has 1 aromatic carbocycles. The molecule has 0 saturated carbocycles. The predicted octanol–water partition coefficient (Wildman–Crippen LogP) is 2.53. The highest BCUT2D eigenvalue weighted by Gasteiger charge is 2.23. The molecule has 2 N–H and O–H groups in total. The number of anilines is 2. The lowest BCUT2D eigenvalue weighted by atomic mass is 10.1. The summed E-state index contributed by atoms with van der Waals surface area (Å²) in [5.41, 5.74) is 2.81. The van der Waals surface area contributed by atoms with Crippen LogP contribution in [0.2, 0.25) is 0 Å². The molecular weight excluding hydrogens is 342 g/mol. The molecule has 1 fully saturated rings. The number of aromatic nitrogens is 4. The molecule has 140 valence electrons. The first-order valence-corrected chi connectivity index (χ1v) is 9.15. The Bertz CT molecular complexity index is 960. The monoisotopic (exact) mass is 365 g/mol. The third-order valence-corrected chi connectivity index (χ3v) is 4.91. The quantitative estimate of drug-likeness (QED) is 0.745. The third-order valence-electron chi connectivity index (χ3n) is 4.91. The van der Waals surface area contributed by atoms with Gasteiger partial charge in [-0.25, -0.2) is 9.78 Å². The summed E-state index contributed by atoms with van der Waals surface area (Å²) in [7, 11) is 0. The third kappa shape index (κ3) is 3.69. The zero-order valence-electron chi connectivity index (χ0n) is 15.5. The van der Waals surface area contributed by atoms with Gasteiger partial charge in [-0.1, -0.05) is 18.2 Å². The van der Waals surface area contributed by atoms with Crippen LogP contribution in [0.25, 0.3) is 5.78 Å². The number of carbonyl (C=O) groups excluding carboxylic acids is 1. The lowest BCUT2D eigenvalue weighted by Gasteiger charge is -2.33. The van der Waals surface area contributed by atoms with Crippen LogP contribution in [-0.2, 0) is 0 Å². The minimum Gasteiger partial charge on any atom is -0.356 e. The number of piperidine rings is 1. The molecule has 2 aromatic heterocycles. The molecule has 0 atom stereocenters. The maximum atomic E-state index is 12.3. The summed E-state index contributed by atoms with van der Waals surface area (Å²) >= 11 is 0. The van der Waals surface area contributed by atoms with Gasteiger partial charge in [-0.3, -0.25) is 0 Å². The van der Waals surface area contributed by atoms with Crippen LogP contribution in [0.15, 0.2) is 36.7 Å². The van der Waals surface area contributed by atoms with Crippen molar-refractivity contribution in [3.63, 3.8) is 0 Å². The number of amides is 2. The average molecular weight is 365 g/mol. The lowest BCUT2D eigenvalue weighted by Crippen LogP contribution is -2.46. The Morgan fingerprint density at radius 3 is 2.74 bits per heavy atom. The van der Waals surface area contributed by atoms with Gasteiger partial charge in [0, 0.05) is 36.6 Å². The smallest absolute Gasteiger partial charge is 0.319 e. The fourth-order valence-electron chi connectivity index (χ4n) is 3.45. The Hall–Kier alpha value is -3.16. The van der Waals surface area contributed by atoms with Gasteiger partial charge in [-0.15, -0.1) is 0 Å². The molecule has 0 spiro atoms. The van der Waals surface area contributed by atoms with Crippen molar-refractivity contribution in [1.82, 2.24) is 24.9 Å². The van der Waals surface area contributed by atoms with Crippen molar-refractivity contribution in [3.05, 3.63) is 47.9 Å². The van der Waals surface area contributed by atoms with Gasteiger partial charge >= 0.3 is 6.03 Å². The molecule has 1 aliphatic rings. The molecule has 1 aliphatic heterocycles. The molecular formula is C19H23N7O. The number of nitrogens with zero attached hydrogens (tertiary/aromatic N) is 5. The van der Waals surface area contributed by atoms with Gasteiger partial charge in [0.05, 0.1) is 0 Å². The molecule has 0 radical (unpaired) electrons. The normalized spacial score (nSPS) is 15.1. The molecule has 1 saturated heterocycles.